The number of carbonyl (C=O) groups is 2. The van der Waals surface area contributed by atoms with Gasteiger partial charge in [0.05, 0.1) is 24.1 Å². The van der Waals surface area contributed by atoms with Crippen molar-refractivity contribution >= 4 is 35.1 Å². The van der Waals surface area contributed by atoms with Crippen LogP contribution in [-0.4, -0.2) is 38.7 Å². The molecule has 0 aliphatic rings. The Bertz CT molecular complexity index is 1040. The van der Waals surface area contributed by atoms with Crippen molar-refractivity contribution in [2.45, 2.75) is 25.9 Å². The van der Waals surface area contributed by atoms with Crippen molar-refractivity contribution in [3.63, 3.8) is 0 Å². The van der Waals surface area contributed by atoms with Gasteiger partial charge in [0, 0.05) is 10.6 Å². The van der Waals surface area contributed by atoms with Crippen LogP contribution in [0.3, 0.4) is 0 Å². The van der Waals surface area contributed by atoms with Crippen molar-refractivity contribution in [1.29, 1.82) is 0 Å². The van der Waals surface area contributed by atoms with Crippen molar-refractivity contribution in [3.05, 3.63) is 64.1 Å². The van der Waals surface area contributed by atoms with Gasteiger partial charge in [0.15, 0.2) is 0 Å². The molecule has 3 aromatic rings. The number of hydrogen-bond donors (Lipinski definition) is 1. The molecular formula is C20H19Cl2N5O3. The van der Waals surface area contributed by atoms with E-state index in [0.29, 0.717) is 27.0 Å². The van der Waals surface area contributed by atoms with Crippen LogP contribution in [0.4, 0.5) is 0 Å². The van der Waals surface area contributed by atoms with E-state index in [1.165, 1.54) is 0 Å². The number of rotatable bonds is 8. The van der Waals surface area contributed by atoms with Gasteiger partial charge in [-0.25, -0.2) is 0 Å². The molecule has 1 aromatic heterocycles. The van der Waals surface area contributed by atoms with Crippen LogP contribution in [0.1, 0.15) is 24.9 Å². The van der Waals surface area contributed by atoms with E-state index in [-0.39, 0.29) is 19.6 Å². The van der Waals surface area contributed by atoms with Crippen LogP contribution in [0.5, 0.6) is 0 Å². The largest absolute Gasteiger partial charge is 0.466 e. The Labute approximate surface area is 183 Å². The summed E-state index contributed by atoms with van der Waals surface area (Å²) in [4.78, 5) is 25.8. The van der Waals surface area contributed by atoms with Crippen molar-refractivity contribution in [3.8, 4) is 11.4 Å². The van der Waals surface area contributed by atoms with Gasteiger partial charge in [-0.2, -0.15) is 4.80 Å². The minimum atomic E-state index is -0.656. The van der Waals surface area contributed by atoms with E-state index in [0.717, 1.165) is 4.80 Å². The zero-order valence-corrected chi connectivity index (χ0v) is 17.6. The molecule has 3 rings (SSSR count). The van der Waals surface area contributed by atoms with Crippen LogP contribution in [0.15, 0.2) is 48.5 Å². The summed E-state index contributed by atoms with van der Waals surface area (Å²) >= 11 is 12.4. The number of esters is 1. The molecule has 1 N–H and O–H groups in total. The second kappa shape index (κ2) is 10.2. The summed E-state index contributed by atoms with van der Waals surface area (Å²) in [6, 6.07) is 13.4. The third-order valence-electron chi connectivity index (χ3n) is 4.14. The fourth-order valence-electron chi connectivity index (χ4n) is 2.81. The Morgan fingerprint density at radius 2 is 1.80 bits per heavy atom. The number of nitrogens with one attached hydrogen (secondary N) is 1. The van der Waals surface area contributed by atoms with Crippen LogP contribution < -0.4 is 5.32 Å². The minimum Gasteiger partial charge on any atom is -0.466 e. The molecule has 0 aliphatic carbocycles. The Balaban J connectivity index is 1.72. The number of aromatic nitrogens is 4. The van der Waals surface area contributed by atoms with E-state index in [1.54, 1.807) is 55.5 Å². The zero-order valence-electron chi connectivity index (χ0n) is 16.1. The molecule has 1 atom stereocenters. The highest BCUT2D eigenvalue weighted by atomic mass is 35.5. The SMILES string of the molecule is CCOC(=O)C[C@@H](NC(=O)Cn1nnc(-c2ccccc2Cl)n1)c1ccccc1Cl. The third-order valence-corrected chi connectivity index (χ3v) is 4.82. The lowest BCUT2D eigenvalue weighted by molar-refractivity contribution is -0.143. The standard InChI is InChI=1S/C20H19Cl2N5O3/c1-2-30-19(29)11-17(13-7-3-5-9-15(13)21)23-18(28)12-27-25-20(24-26-27)14-8-4-6-10-16(14)22/h3-10,17H,2,11-12H2,1H3,(H,23,28)/t17-/m1/s1. The smallest absolute Gasteiger partial charge is 0.308 e. The van der Waals surface area contributed by atoms with E-state index in [9.17, 15) is 9.59 Å². The predicted octanol–water partition coefficient (Wildman–Crippen LogP) is 3.46. The van der Waals surface area contributed by atoms with E-state index in [1.807, 2.05) is 0 Å². The lowest BCUT2D eigenvalue weighted by atomic mass is 10.0. The number of nitrogens with zero attached hydrogens (tertiary/aromatic N) is 4. The van der Waals surface area contributed by atoms with E-state index in [2.05, 4.69) is 20.7 Å². The van der Waals surface area contributed by atoms with Gasteiger partial charge in [0.1, 0.15) is 6.54 Å². The molecule has 0 saturated carbocycles. The Kier molecular flexibility index (Phi) is 7.37. The van der Waals surface area contributed by atoms with Crippen LogP contribution in [-0.2, 0) is 20.9 Å². The maximum absolute atomic E-state index is 12.6. The van der Waals surface area contributed by atoms with Gasteiger partial charge < -0.3 is 10.1 Å². The molecule has 0 saturated heterocycles. The van der Waals surface area contributed by atoms with Gasteiger partial charge in [0.25, 0.3) is 0 Å². The first-order chi connectivity index (χ1) is 14.5. The fraction of sp³-hybridized carbons (Fsp3) is 0.250. The zero-order chi connectivity index (χ0) is 21.5. The molecule has 156 valence electrons. The molecular weight excluding hydrogens is 429 g/mol. The number of carbonyl (C=O) groups excluding carboxylic acids is 2. The number of halogens is 2. The van der Waals surface area contributed by atoms with Gasteiger partial charge in [-0.15, -0.1) is 10.2 Å². The number of hydrogen-bond acceptors (Lipinski definition) is 6. The number of amides is 1. The summed E-state index contributed by atoms with van der Waals surface area (Å²) in [5.74, 6) is -0.544. The predicted molar refractivity (Wildman–Crippen MR) is 112 cm³/mol. The molecule has 1 heterocycles. The van der Waals surface area contributed by atoms with Crippen molar-refractivity contribution in [2.24, 2.45) is 0 Å². The Morgan fingerprint density at radius 1 is 1.10 bits per heavy atom. The average Bonchev–Trinajstić information content (AvgIpc) is 3.16. The van der Waals surface area contributed by atoms with Crippen molar-refractivity contribution in [1.82, 2.24) is 25.5 Å². The van der Waals surface area contributed by atoms with Crippen LogP contribution in [0, 0.1) is 0 Å². The molecule has 0 unspecified atom stereocenters. The molecule has 0 fully saturated rings. The van der Waals surface area contributed by atoms with E-state index < -0.39 is 17.9 Å². The second-order valence-corrected chi connectivity index (χ2v) is 7.09. The molecule has 30 heavy (non-hydrogen) atoms. The van der Waals surface area contributed by atoms with Gasteiger partial charge in [0.2, 0.25) is 11.7 Å². The van der Waals surface area contributed by atoms with Gasteiger partial charge in [-0.05, 0) is 35.9 Å². The summed E-state index contributed by atoms with van der Waals surface area (Å²) in [6.07, 6.45) is -0.0566. The maximum atomic E-state index is 12.6. The summed E-state index contributed by atoms with van der Waals surface area (Å²) in [5, 5.41) is 15.8. The Hall–Kier alpha value is -2.97. The maximum Gasteiger partial charge on any atom is 0.308 e. The fourth-order valence-corrected chi connectivity index (χ4v) is 3.30. The summed E-state index contributed by atoms with van der Waals surface area (Å²) in [5.41, 5.74) is 1.23. The summed E-state index contributed by atoms with van der Waals surface area (Å²) in [7, 11) is 0. The highest BCUT2D eigenvalue weighted by Gasteiger charge is 2.22. The second-order valence-electron chi connectivity index (χ2n) is 6.27. The highest BCUT2D eigenvalue weighted by Crippen LogP contribution is 2.26. The molecule has 0 bridgehead atoms. The quantitative estimate of drug-likeness (QED) is 0.530. The lowest BCUT2D eigenvalue weighted by Gasteiger charge is -2.19. The summed E-state index contributed by atoms with van der Waals surface area (Å²) < 4.78 is 5.01. The average molecular weight is 448 g/mol. The minimum absolute atomic E-state index is 0.0566. The van der Waals surface area contributed by atoms with Crippen LogP contribution in [0.2, 0.25) is 10.0 Å². The number of benzene rings is 2. The molecule has 0 aliphatic heterocycles. The van der Waals surface area contributed by atoms with Gasteiger partial charge in [-0.3, -0.25) is 9.59 Å². The normalized spacial score (nSPS) is 11.7. The monoisotopic (exact) mass is 447 g/mol. The molecule has 0 radical (unpaired) electrons. The molecule has 2 aromatic carbocycles. The number of tetrazole rings is 1. The van der Waals surface area contributed by atoms with Crippen molar-refractivity contribution in [2.75, 3.05) is 6.61 Å². The molecule has 0 spiro atoms. The number of ether oxygens (including phenoxy) is 1. The topological polar surface area (TPSA) is 99.0 Å². The summed E-state index contributed by atoms with van der Waals surface area (Å²) in [6.45, 7) is 1.77. The third kappa shape index (κ3) is 5.55. The molecule has 8 nitrogen and oxygen atoms in total. The first-order valence-electron chi connectivity index (χ1n) is 9.20. The molecule has 1 amide bonds. The Morgan fingerprint density at radius 3 is 2.50 bits per heavy atom. The van der Waals surface area contributed by atoms with Crippen LogP contribution in [0.25, 0.3) is 11.4 Å². The van der Waals surface area contributed by atoms with Gasteiger partial charge >= 0.3 is 5.97 Å². The van der Waals surface area contributed by atoms with Gasteiger partial charge in [-0.1, -0.05) is 53.5 Å². The lowest BCUT2D eigenvalue weighted by Crippen LogP contribution is -2.34. The first kappa shape index (κ1) is 21.7. The van der Waals surface area contributed by atoms with Crippen molar-refractivity contribution < 1.29 is 14.3 Å². The van der Waals surface area contributed by atoms with Crippen LogP contribution >= 0.6 is 23.2 Å². The first-order valence-corrected chi connectivity index (χ1v) is 9.95. The van der Waals surface area contributed by atoms with E-state index >= 15 is 0 Å². The van der Waals surface area contributed by atoms with E-state index in [4.69, 9.17) is 27.9 Å². The highest BCUT2D eigenvalue weighted by molar-refractivity contribution is 6.33. The molecule has 10 heteroatoms.